The third-order valence-electron chi connectivity index (χ3n) is 5.10. The number of halogens is 2. The largest absolute Gasteiger partial charge is 0.493 e. The lowest BCUT2D eigenvalue weighted by Gasteiger charge is -2.22. The van der Waals surface area contributed by atoms with Crippen molar-refractivity contribution in [3.05, 3.63) is 23.8 Å². The molecule has 1 aromatic rings. The molecule has 2 saturated heterocycles. The smallest absolute Gasteiger partial charge is 0.290 e. The summed E-state index contributed by atoms with van der Waals surface area (Å²) in [6.45, 7) is 4.14. The average Bonchev–Trinajstić information content (AvgIpc) is 2.91. The van der Waals surface area contributed by atoms with Gasteiger partial charge in [0, 0.05) is 45.8 Å². The van der Waals surface area contributed by atoms with Crippen LogP contribution in [0.25, 0.3) is 0 Å². The van der Waals surface area contributed by atoms with Crippen LogP contribution >= 0.6 is 0 Å². The van der Waals surface area contributed by atoms with Gasteiger partial charge in [0.05, 0.1) is 20.3 Å². The van der Waals surface area contributed by atoms with Gasteiger partial charge in [-0.05, 0) is 24.1 Å². The Morgan fingerprint density at radius 2 is 2.00 bits per heavy atom. The number of methoxy groups -OCH3 is 1. The van der Waals surface area contributed by atoms with E-state index >= 15 is 0 Å². The second kappa shape index (κ2) is 12.7. The molecule has 2 aliphatic heterocycles. The van der Waals surface area contributed by atoms with Gasteiger partial charge in [-0.3, -0.25) is 14.6 Å². The minimum absolute atomic E-state index is 0.0272. The van der Waals surface area contributed by atoms with Crippen LogP contribution in [0.1, 0.15) is 18.4 Å². The van der Waals surface area contributed by atoms with Crippen LogP contribution < -0.4 is 9.47 Å². The van der Waals surface area contributed by atoms with Crippen LogP contribution in [0.2, 0.25) is 0 Å². The highest BCUT2D eigenvalue weighted by atomic mass is 19.3. The first-order chi connectivity index (χ1) is 14.9. The standard InChI is InChI=1S/C20H30F2N2O4.CH2O2/c1-26-18-4-3-16(12-23-6-2-9-27-10-8-23)11-19(18)28-14-17(25)13-24-7-5-20(21,22)15-24;2-1-3/h3-4,11,17,25H,2,5-10,12-15H2,1H3;1H,(H,2,3). The van der Waals surface area contributed by atoms with Crippen molar-refractivity contribution < 1.29 is 38.0 Å². The number of hydrogen-bond acceptors (Lipinski definition) is 7. The number of hydrogen-bond donors (Lipinski definition) is 2. The van der Waals surface area contributed by atoms with E-state index in [0.717, 1.165) is 44.8 Å². The Hall–Kier alpha value is -2.01. The van der Waals surface area contributed by atoms with Crippen LogP contribution in [0, 0.1) is 0 Å². The molecule has 2 heterocycles. The molecular weight excluding hydrogens is 414 g/mol. The third-order valence-corrected chi connectivity index (χ3v) is 5.10. The first-order valence-corrected chi connectivity index (χ1v) is 10.3. The lowest BCUT2D eigenvalue weighted by atomic mass is 10.2. The third kappa shape index (κ3) is 8.94. The molecule has 2 aliphatic rings. The zero-order valence-corrected chi connectivity index (χ0v) is 17.8. The van der Waals surface area contributed by atoms with Crippen LogP contribution in [0.3, 0.4) is 0 Å². The number of benzene rings is 1. The molecule has 2 fully saturated rings. The number of likely N-dealkylation sites (tertiary alicyclic amines) is 1. The molecule has 8 nitrogen and oxygen atoms in total. The number of ether oxygens (including phenoxy) is 3. The van der Waals surface area contributed by atoms with Gasteiger partial charge in [-0.15, -0.1) is 0 Å². The second-order valence-electron chi connectivity index (χ2n) is 7.64. The number of rotatable bonds is 8. The number of carbonyl (C=O) groups is 1. The number of aliphatic hydroxyl groups is 1. The number of β-amino-alcohol motifs (C(OH)–C–C–N with tert-alkyl or cyclic N) is 1. The maximum absolute atomic E-state index is 13.3. The van der Waals surface area contributed by atoms with E-state index < -0.39 is 12.0 Å². The Balaban J connectivity index is 0.00000107. The van der Waals surface area contributed by atoms with Gasteiger partial charge in [0.25, 0.3) is 12.4 Å². The zero-order chi connectivity index (χ0) is 22.7. The first-order valence-electron chi connectivity index (χ1n) is 10.3. The van der Waals surface area contributed by atoms with Crippen molar-refractivity contribution in [3.63, 3.8) is 0 Å². The van der Waals surface area contributed by atoms with Crippen molar-refractivity contribution in [2.45, 2.75) is 31.4 Å². The van der Waals surface area contributed by atoms with Gasteiger partial charge in [-0.25, -0.2) is 8.78 Å². The minimum Gasteiger partial charge on any atom is -0.493 e. The van der Waals surface area contributed by atoms with Crippen molar-refractivity contribution in [1.82, 2.24) is 9.80 Å². The van der Waals surface area contributed by atoms with E-state index in [0.29, 0.717) is 18.0 Å². The Morgan fingerprint density at radius 1 is 1.23 bits per heavy atom. The van der Waals surface area contributed by atoms with Gasteiger partial charge < -0.3 is 24.4 Å². The summed E-state index contributed by atoms with van der Waals surface area (Å²) in [5.74, 6) is -1.52. The predicted molar refractivity (Wildman–Crippen MR) is 110 cm³/mol. The molecule has 1 atom stereocenters. The molecule has 3 rings (SSSR count). The zero-order valence-electron chi connectivity index (χ0n) is 17.8. The van der Waals surface area contributed by atoms with E-state index in [2.05, 4.69) is 4.90 Å². The van der Waals surface area contributed by atoms with Crippen molar-refractivity contribution in [1.29, 1.82) is 0 Å². The van der Waals surface area contributed by atoms with E-state index in [1.807, 2.05) is 18.2 Å². The second-order valence-corrected chi connectivity index (χ2v) is 7.64. The Labute approximate surface area is 181 Å². The monoisotopic (exact) mass is 446 g/mol. The highest BCUT2D eigenvalue weighted by molar-refractivity contribution is 5.43. The molecule has 0 radical (unpaired) electrons. The van der Waals surface area contributed by atoms with Crippen LogP contribution in [-0.2, 0) is 16.1 Å². The minimum atomic E-state index is -2.66. The maximum Gasteiger partial charge on any atom is 0.290 e. The van der Waals surface area contributed by atoms with Gasteiger partial charge in [0.2, 0.25) is 0 Å². The highest BCUT2D eigenvalue weighted by Gasteiger charge is 2.38. The first kappa shape index (κ1) is 25.3. The molecule has 0 amide bonds. The summed E-state index contributed by atoms with van der Waals surface area (Å²) in [7, 11) is 1.57. The number of aliphatic hydroxyl groups excluding tert-OH is 1. The molecule has 1 unspecified atom stereocenters. The van der Waals surface area contributed by atoms with Gasteiger partial charge in [-0.1, -0.05) is 6.07 Å². The van der Waals surface area contributed by atoms with Crippen LogP contribution in [0.4, 0.5) is 8.78 Å². The molecule has 0 spiro atoms. The Bertz CT molecular complexity index is 671. The normalized spacial score (nSPS) is 20.3. The highest BCUT2D eigenvalue weighted by Crippen LogP contribution is 2.29. The molecule has 31 heavy (non-hydrogen) atoms. The maximum atomic E-state index is 13.3. The SMILES string of the molecule is COc1ccc(CN2CCCOCC2)cc1OCC(O)CN1CCC(F)(F)C1.O=CO. The quantitative estimate of drug-likeness (QED) is 0.583. The molecular formula is C21H32F2N2O6. The summed E-state index contributed by atoms with van der Waals surface area (Å²) in [5, 5.41) is 17.1. The summed E-state index contributed by atoms with van der Waals surface area (Å²) < 4.78 is 43.2. The molecule has 0 bridgehead atoms. The van der Waals surface area contributed by atoms with Crippen LogP contribution in [0.15, 0.2) is 18.2 Å². The molecule has 0 saturated carbocycles. The predicted octanol–water partition coefficient (Wildman–Crippen LogP) is 1.70. The van der Waals surface area contributed by atoms with Crippen molar-refractivity contribution in [3.8, 4) is 11.5 Å². The number of nitrogens with zero attached hydrogens (tertiary/aromatic N) is 2. The van der Waals surface area contributed by atoms with Gasteiger partial charge >= 0.3 is 0 Å². The fraction of sp³-hybridized carbons (Fsp3) is 0.667. The van der Waals surface area contributed by atoms with E-state index in [4.69, 9.17) is 24.1 Å². The molecule has 2 N–H and O–H groups in total. The van der Waals surface area contributed by atoms with E-state index in [-0.39, 0.29) is 32.6 Å². The fourth-order valence-corrected chi connectivity index (χ4v) is 3.65. The number of alkyl halides is 2. The molecule has 0 aromatic heterocycles. The Morgan fingerprint density at radius 3 is 2.68 bits per heavy atom. The fourth-order valence-electron chi connectivity index (χ4n) is 3.65. The van der Waals surface area contributed by atoms with Crippen molar-refractivity contribution in [2.24, 2.45) is 0 Å². The summed E-state index contributed by atoms with van der Waals surface area (Å²) in [6.07, 6.45) is 0.0178. The topological polar surface area (TPSA) is 91.7 Å². The summed E-state index contributed by atoms with van der Waals surface area (Å²) >= 11 is 0. The molecule has 10 heteroatoms. The lowest BCUT2D eigenvalue weighted by Crippen LogP contribution is -2.35. The van der Waals surface area contributed by atoms with Crippen LogP contribution in [0.5, 0.6) is 11.5 Å². The summed E-state index contributed by atoms with van der Waals surface area (Å²) in [4.78, 5) is 12.3. The van der Waals surface area contributed by atoms with Gasteiger partial charge in [-0.2, -0.15) is 0 Å². The molecule has 176 valence electrons. The number of carboxylic acid groups (broad SMARTS) is 1. The van der Waals surface area contributed by atoms with Gasteiger partial charge in [0.15, 0.2) is 11.5 Å². The van der Waals surface area contributed by atoms with E-state index in [1.54, 1.807) is 12.0 Å². The average molecular weight is 446 g/mol. The summed E-state index contributed by atoms with van der Waals surface area (Å²) in [6, 6.07) is 5.77. The molecule has 1 aromatic carbocycles. The summed E-state index contributed by atoms with van der Waals surface area (Å²) in [5.41, 5.74) is 1.09. The van der Waals surface area contributed by atoms with E-state index in [9.17, 15) is 13.9 Å². The molecule has 0 aliphatic carbocycles. The van der Waals surface area contributed by atoms with E-state index in [1.165, 1.54) is 0 Å². The van der Waals surface area contributed by atoms with Crippen molar-refractivity contribution in [2.75, 3.05) is 59.7 Å². The Kier molecular flexibility index (Phi) is 10.4. The van der Waals surface area contributed by atoms with Crippen molar-refractivity contribution >= 4 is 6.47 Å². The van der Waals surface area contributed by atoms with Crippen LogP contribution in [-0.4, -0.2) is 98.2 Å². The lowest BCUT2D eigenvalue weighted by molar-refractivity contribution is -0.122. The van der Waals surface area contributed by atoms with Gasteiger partial charge in [0.1, 0.15) is 12.7 Å².